The van der Waals surface area contributed by atoms with Gasteiger partial charge >= 0.3 is 0 Å². The minimum absolute atomic E-state index is 0. The van der Waals surface area contributed by atoms with Gasteiger partial charge in [-0.25, -0.2) is 0 Å². The number of nitrogens with zero attached hydrogens (tertiary/aromatic N) is 1. The Morgan fingerprint density at radius 3 is 2.35 bits per heavy atom. The summed E-state index contributed by atoms with van der Waals surface area (Å²) in [7, 11) is 0. The first-order valence-corrected chi connectivity index (χ1v) is 6.33. The van der Waals surface area contributed by atoms with E-state index in [2.05, 4.69) is 48.4 Å². The van der Waals surface area contributed by atoms with Crippen molar-refractivity contribution >= 4 is 30.0 Å². The summed E-state index contributed by atoms with van der Waals surface area (Å²) >= 11 is 0. The van der Waals surface area contributed by atoms with Gasteiger partial charge in [-0.05, 0) is 55.3 Å². The molecule has 0 aliphatic rings. The zero-order chi connectivity index (χ0) is 13.5. The Morgan fingerprint density at radius 2 is 1.65 bits per heavy atom. The Morgan fingerprint density at radius 1 is 0.950 bits per heavy atom. The number of rotatable bonds is 4. The lowest BCUT2D eigenvalue weighted by molar-refractivity contribution is 1.43. The molecule has 2 aromatic carbocycles. The fourth-order valence-corrected chi connectivity index (χ4v) is 1.76. The van der Waals surface area contributed by atoms with Crippen LogP contribution in [0.3, 0.4) is 0 Å². The average molecular weight is 287 g/mol. The zero-order valence-corrected chi connectivity index (χ0v) is 12.5. The van der Waals surface area contributed by atoms with Gasteiger partial charge in [0.25, 0.3) is 0 Å². The van der Waals surface area contributed by atoms with Gasteiger partial charge in [-0.3, -0.25) is 4.99 Å². The number of nitrogens with one attached hydrogen (secondary N) is 1. The van der Waals surface area contributed by atoms with E-state index in [9.17, 15) is 0 Å². The van der Waals surface area contributed by atoms with Crippen molar-refractivity contribution in [2.45, 2.75) is 13.8 Å². The van der Waals surface area contributed by atoms with E-state index in [4.69, 9.17) is 0 Å². The summed E-state index contributed by atoms with van der Waals surface area (Å²) < 4.78 is 0. The van der Waals surface area contributed by atoms with E-state index in [-0.39, 0.29) is 12.4 Å². The molecule has 3 heteroatoms. The van der Waals surface area contributed by atoms with Crippen LogP contribution in [0.5, 0.6) is 0 Å². The second-order valence-electron chi connectivity index (χ2n) is 4.49. The van der Waals surface area contributed by atoms with E-state index in [0.717, 1.165) is 11.4 Å². The molecule has 1 N–H and O–H groups in total. The summed E-state index contributed by atoms with van der Waals surface area (Å²) in [5.74, 6) is 0. The number of aryl methyl sites for hydroxylation is 2. The predicted molar refractivity (Wildman–Crippen MR) is 90.5 cm³/mol. The van der Waals surface area contributed by atoms with Crippen LogP contribution in [0.4, 0.5) is 11.4 Å². The highest BCUT2D eigenvalue weighted by Crippen LogP contribution is 2.12. The van der Waals surface area contributed by atoms with Gasteiger partial charge in [0.15, 0.2) is 0 Å². The molecule has 0 heterocycles. The Labute approximate surface area is 126 Å². The molecule has 0 saturated carbocycles. The maximum absolute atomic E-state index is 4.36. The van der Waals surface area contributed by atoms with E-state index in [1.54, 1.807) is 6.21 Å². The Balaban J connectivity index is 0.00000200. The average Bonchev–Trinajstić information content (AvgIpc) is 2.38. The molecule has 20 heavy (non-hydrogen) atoms. The van der Waals surface area contributed by atoms with Crippen LogP contribution < -0.4 is 5.32 Å². The molecule has 104 valence electrons. The number of hydrogen-bond acceptors (Lipinski definition) is 2. The number of anilines is 1. The molecular formula is C17H19ClN2. The van der Waals surface area contributed by atoms with Crippen LogP contribution in [0, 0.1) is 13.8 Å². The summed E-state index contributed by atoms with van der Waals surface area (Å²) in [4.78, 5) is 4.36. The van der Waals surface area contributed by atoms with Crippen LogP contribution in [0.15, 0.2) is 65.8 Å². The highest BCUT2D eigenvalue weighted by molar-refractivity contribution is 5.85. The Bertz CT molecular complexity index is 603. The van der Waals surface area contributed by atoms with Gasteiger partial charge < -0.3 is 5.32 Å². The quantitative estimate of drug-likeness (QED) is 0.781. The van der Waals surface area contributed by atoms with Gasteiger partial charge in [-0.1, -0.05) is 24.3 Å². The number of aliphatic imine (C=N–C) groups is 1. The molecular weight excluding hydrogens is 268 g/mol. The third-order valence-corrected chi connectivity index (χ3v) is 2.68. The number of allylic oxidation sites excluding steroid dienone is 1. The van der Waals surface area contributed by atoms with Crippen molar-refractivity contribution in [3.63, 3.8) is 0 Å². The molecule has 0 bridgehead atoms. The molecule has 0 saturated heterocycles. The molecule has 2 nitrogen and oxygen atoms in total. The number of halogens is 1. The highest BCUT2D eigenvalue weighted by atomic mass is 35.5. The summed E-state index contributed by atoms with van der Waals surface area (Å²) in [6, 6.07) is 16.4. The van der Waals surface area contributed by atoms with Crippen molar-refractivity contribution < 1.29 is 0 Å². The van der Waals surface area contributed by atoms with E-state index in [1.807, 2.05) is 36.5 Å². The van der Waals surface area contributed by atoms with Gasteiger partial charge in [0.1, 0.15) is 0 Å². The first-order valence-electron chi connectivity index (χ1n) is 6.33. The fraction of sp³-hybridized carbons (Fsp3) is 0.118. The molecule has 0 aromatic heterocycles. The standard InChI is InChI=1S/C17H18N2.ClH/c1-14-6-3-8-16(12-14)18-10-5-11-19-17-9-4-7-15(2)13-17;/h3-13,18H,1-2H3;1H/b10-5+,19-11?;. The third-order valence-electron chi connectivity index (χ3n) is 2.68. The van der Waals surface area contributed by atoms with E-state index < -0.39 is 0 Å². The van der Waals surface area contributed by atoms with Crippen LogP contribution in [0.1, 0.15) is 11.1 Å². The molecule has 2 rings (SSSR count). The van der Waals surface area contributed by atoms with Crippen LogP contribution >= 0.6 is 12.4 Å². The van der Waals surface area contributed by atoms with Gasteiger partial charge in [0.05, 0.1) is 5.69 Å². The lowest BCUT2D eigenvalue weighted by Gasteiger charge is -2.00. The summed E-state index contributed by atoms with van der Waals surface area (Å²) in [6.45, 7) is 4.14. The third kappa shape index (κ3) is 5.29. The fourth-order valence-electron chi connectivity index (χ4n) is 1.76. The molecule has 0 unspecified atom stereocenters. The monoisotopic (exact) mass is 286 g/mol. The van der Waals surface area contributed by atoms with E-state index >= 15 is 0 Å². The van der Waals surface area contributed by atoms with Crippen molar-refractivity contribution in [2.24, 2.45) is 4.99 Å². The van der Waals surface area contributed by atoms with Crippen LogP contribution in [-0.4, -0.2) is 6.21 Å². The summed E-state index contributed by atoms with van der Waals surface area (Å²) in [5, 5.41) is 3.21. The predicted octanol–water partition coefficient (Wildman–Crippen LogP) is 5.05. The SMILES string of the molecule is Cc1cccc(N=C/C=C/Nc2cccc(C)c2)c1.Cl. The van der Waals surface area contributed by atoms with Gasteiger partial charge in [-0.15, -0.1) is 12.4 Å². The summed E-state index contributed by atoms with van der Waals surface area (Å²) in [6.07, 6.45) is 5.57. The Hall–Kier alpha value is -2.06. The van der Waals surface area contributed by atoms with Gasteiger partial charge in [0.2, 0.25) is 0 Å². The first-order chi connectivity index (χ1) is 9.24. The maximum Gasteiger partial charge on any atom is 0.0632 e. The number of benzene rings is 2. The van der Waals surface area contributed by atoms with Crippen LogP contribution in [0.2, 0.25) is 0 Å². The van der Waals surface area contributed by atoms with Crippen LogP contribution in [-0.2, 0) is 0 Å². The largest absolute Gasteiger partial charge is 0.362 e. The molecule has 0 spiro atoms. The highest BCUT2D eigenvalue weighted by Gasteiger charge is 1.88. The van der Waals surface area contributed by atoms with Gasteiger partial charge in [-0.2, -0.15) is 0 Å². The molecule has 0 amide bonds. The van der Waals surface area contributed by atoms with E-state index in [0.29, 0.717) is 0 Å². The molecule has 2 aromatic rings. The second kappa shape index (κ2) is 8.18. The van der Waals surface area contributed by atoms with Gasteiger partial charge in [0, 0.05) is 18.1 Å². The van der Waals surface area contributed by atoms with Crippen molar-refractivity contribution in [3.05, 3.63) is 71.9 Å². The van der Waals surface area contributed by atoms with Crippen molar-refractivity contribution in [1.82, 2.24) is 0 Å². The second-order valence-corrected chi connectivity index (χ2v) is 4.49. The molecule has 0 radical (unpaired) electrons. The first kappa shape index (κ1) is 16.0. The maximum atomic E-state index is 4.36. The van der Waals surface area contributed by atoms with Crippen LogP contribution in [0.25, 0.3) is 0 Å². The van der Waals surface area contributed by atoms with Crippen molar-refractivity contribution in [1.29, 1.82) is 0 Å². The molecule has 0 fully saturated rings. The summed E-state index contributed by atoms with van der Waals surface area (Å²) in [5.41, 5.74) is 4.52. The smallest absolute Gasteiger partial charge is 0.0632 e. The van der Waals surface area contributed by atoms with Crippen molar-refractivity contribution in [2.75, 3.05) is 5.32 Å². The number of hydrogen-bond donors (Lipinski definition) is 1. The normalized spacial score (nSPS) is 10.7. The molecule has 0 aliphatic carbocycles. The Kier molecular flexibility index (Phi) is 6.54. The molecule has 0 aliphatic heterocycles. The minimum atomic E-state index is 0. The molecule has 0 atom stereocenters. The minimum Gasteiger partial charge on any atom is -0.362 e. The topological polar surface area (TPSA) is 24.4 Å². The van der Waals surface area contributed by atoms with Crippen molar-refractivity contribution in [3.8, 4) is 0 Å². The van der Waals surface area contributed by atoms with E-state index in [1.165, 1.54) is 11.1 Å². The lowest BCUT2D eigenvalue weighted by Crippen LogP contribution is -1.87. The zero-order valence-electron chi connectivity index (χ0n) is 11.7. The lowest BCUT2D eigenvalue weighted by atomic mass is 10.2.